The fourth-order valence-corrected chi connectivity index (χ4v) is 3.45. The van der Waals surface area contributed by atoms with Crippen LogP contribution in [0.1, 0.15) is 50.9 Å². The van der Waals surface area contributed by atoms with Gasteiger partial charge < -0.3 is 9.84 Å². The van der Waals surface area contributed by atoms with E-state index in [-0.39, 0.29) is 5.91 Å². The Kier molecular flexibility index (Phi) is 4.13. The van der Waals surface area contributed by atoms with Crippen LogP contribution in [0.15, 0.2) is 34.9 Å². The van der Waals surface area contributed by atoms with Crippen LogP contribution in [-0.4, -0.2) is 16.0 Å². The summed E-state index contributed by atoms with van der Waals surface area (Å²) >= 11 is 1.56. The van der Waals surface area contributed by atoms with Gasteiger partial charge in [-0.3, -0.25) is 4.79 Å². The molecule has 0 radical (unpaired) electrons. The first kappa shape index (κ1) is 16.0. The van der Waals surface area contributed by atoms with Crippen LogP contribution in [0.2, 0.25) is 0 Å². The van der Waals surface area contributed by atoms with E-state index in [9.17, 15) is 4.79 Å². The van der Waals surface area contributed by atoms with Gasteiger partial charge in [-0.05, 0) is 62.1 Å². The van der Waals surface area contributed by atoms with Gasteiger partial charge in [0.1, 0.15) is 0 Å². The zero-order valence-corrected chi connectivity index (χ0v) is 15.0. The number of thiophene rings is 1. The first-order chi connectivity index (χ1) is 12.1. The lowest BCUT2D eigenvalue weighted by Gasteiger charge is -2.06. The van der Waals surface area contributed by atoms with Gasteiger partial charge in [-0.2, -0.15) is 4.98 Å². The van der Waals surface area contributed by atoms with E-state index in [2.05, 4.69) is 15.5 Å². The number of carbonyl (C=O) groups excluding carboxylic acids is 1. The molecule has 0 saturated heterocycles. The Morgan fingerprint density at radius 2 is 2.08 bits per heavy atom. The summed E-state index contributed by atoms with van der Waals surface area (Å²) in [6, 6.07) is 9.70. The third-order valence-corrected chi connectivity index (χ3v) is 5.52. The summed E-state index contributed by atoms with van der Waals surface area (Å²) in [5.74, 6) is 1.80. The zero-order valence-electron chi connectivity index (χ0n) is 14.2. The van der Waals surface area contributed by atoms with Crippen LogP contribution in [-0.2, 0) is 6.54 Å². The number of aromatic nitrogens is 2. The molecule has 1 amide bonds. The molecule has 128 valence electrons. The van der Waals surface area contributed by atoms with Crippen LogP contribution in [0.25, 0.3) is 10.8 Å². The zero-order chi connectivity index (χ0) is 17.4. The normalized spacial score (nSPS) is 13.8. The summed E-state index contributed by atoms with van der Waals surface area (Å²) in [7, 11) is 0. The highest BCUT2D eigenvalue weighted by atomic mass is 32.1. The van der Waals surface area contributed by atoms with Crippen LogP contribution < -0.4 is 5.32 Å². The predicted octanol–water partition coefficient (Wildman–Crippen LogP) is 4.22. The van der Waals surface area contributed by atoms with Crippen LogP contribution in [0.5, 0.6) is 0 Å². The van der Waals surface area contributed by atoms with Gasteiger partial charge in [0.25, 0.3) is 11.8 Å². The molecule has 5 nitrogen and oxygen atoms in total. The fraction of sp³-hybridized carbons (Fsp3) is 0.316. The van der Waals surface area contributed by atoms with Gasteiger partial charge in [-0.15, -0.1) is 11.3 Å². The van der Waals surface area contributed by atoms with Crippen molar-refractivity contribution in [3.05, 3.63) is 57.7 Å². The highest BCUT2D eigenvalue weighted by Crippen LogP contribution is 2.39. The number of amides is 1. The summed E-state index contributed by atoms with van der Waals surface area (Å²) in [6.07, 6.45) is 2.30. The van der Waals surface area contributed by atoms with Gasteiger partial charge in [0, 0.05) is 16.4 Å². The maximum Gasteiger partial charge on any atom is 0.268 e. The molecule has 1 aliphatic rings. The van der Waals surface area contributed by atoms with Crippen LogP contribution in [0.3, 0.4) is 0 Å². The number of rotatable bonds is 5. The molecule has 0 unspecified atom stereocenters. The van der Waals surface area contributed by atoms with Crippen molar-refractivity contribution in [1.82, 2.24) is 15.5 Å². The molecule has 1 saturated carbocycles. The fourth-order valence-electron chi connectivity index (χ4n) is 2.58. The molecule has 0 aliphatic heterocycles. The molecule has 0 spiro atoms. The van der Waals surface area contributed by atoms with E-state index in [0.717, 1.165) is 34.0 Å². The number of nitrogens with one attached hydrogen (secondary N) is 1. The van der Waals surface area contributed by atoms with Crippen molar-refractivity contribution in [1.29, 1.82) is 0 Å². The average molecular weight is 353 g/mol. The molecule has 1 N–H and O–H groups in total. The van der Waals surface area contributed by atoms with E-state index in [4.69, 9.17) is 4.52 Å². The molecule has 1 aliphatic carbocycles. The number of nitrogens with zero attached hydrogens (tertiary/aromatic N) is 2. The summed E-state index contributed by atoms with van der Waals surface area (Å²) in [4.78, 5) is 18.8. The molecule has 3 aromatic rings. The van der Waals surface area contributed by atoms with Gasteiger partial charge in [0.05, 0.1) is 11.4 Å². The standard InChI is InChI=1S/C19H19N3O2S/c1-11-3-4-14(9-12(11)2)18(23)20-10-15-7-8-16(25-15)19-21-17(22-24-19)13-5-6-13/h3-4,7-9,13H,5-6,10H2,1-2H3,(H,20,23). The minimum atomic E-state index is -0.0631. The van der Waals surface area contributed by atoms with E-state index in [1.54, 1.807) is 11.3 Å². The molecular formula is C19H19N3O2S. The van der Waals surface area contributed by atoms with E-state index in [0.29, 0.717) is 23.9 Å². The number of aryl methyl sites for hydroxylation is 2. The minimum Gasteiger partial charge on any atom is -0.347 e. The molecule has 0 bridgehead atoms. The molecule has 2 heterocycles. The van der Waals surface area contributed by atoms with Gasteiger partial charge in [0.2, 0.25) is 0 Å². The quantitative estimate of drug-likeness (QED) is 0.745. The third-order valence-electron chi connectivity index (χ3n) is 4.45. The van der Waals surface area contributed by atoms with Gasteiger partial charge in [0.15, 0.2) is 5.82 Å². The minimum absolute atomic E-state index is 0.0631. The van der Waals surface area contributed by atoms with Crippen LogP contribution in [0.4, 0.5) is 0 Å². The number of hydrogen-bond donors (Lipinski definition) is 1. The monoisotopic (exact) mass is 353 g/mol. The number of hydrogen-bond acceptors (Lipinski definition) is 5. The molecule has 1 fully saturated rings. The lowest BCUT2D eigenvalue weighted by Crippen LogP contribution is -2.22. The SMILES string of the molecule is Cc1ccc(C(=O)NCc2ccc(-c3nc(C4CC4)no3)s2)cc1C. The van der Waals surface area contributed by atoms with Crippen molar-refractivity contribution in [3.63, 3.8) is 0 Å². The van der Waals surface area contributed by atoms with Crippen molar-refractivity contribution in [2.24, 2.45) is 0 Å². The van der Waals surface area contributed by atoms with Crippen molar-refractivity contribution < 1.29 is 9.32 Å². The van der Waals surface area contributed by atoms with Gasteiger partial charge in [-0.1, -0.05) is 11.2 Å². The Hall–Kier alpha value is -2.47. The second-order valence-electron chi connectivity index (χ2n) is 6.48. The van der Waals surface area contributed by atoms with Gasteiger partial charge in [-0.25, -0.2) is 0 Å². The Morgan fingerprint density at radius 1 is 1.24 bits per heavy atom. The second kappa shape index (κ2) is 6.44. The number of carbonyl (C=O) groups is 1. The summed E-state index contributed by atoms with van der Waals surface area (Å²) < 4.78 is 5.35. The summed E-state index contributed by atoms with van der Waals surface area (Å²) in [5, 5.41) is 7.01. The highest BCUT2D eigenvalue weighted by molar-refractivity contribution is 7.15. The Morgan fingerprint density at radius 3 is 2.84 bits per heavy atom. The molecule has 0 atom stereocenters. The maximum atomic E-state index is 12.3. The largest absolute Gasteiger partial charge is 0.347 e. The highest BCUT2D eigenvalue weighted by Gasteiger charge is 2.29. The molecule has 6 heteroatoms. The summed E-state index contributed by atoms with van der Waals surface area (Å²) in [5.41, 5.74) is 2.99. The van der Waals surface area contributed by atoms with Crippen molar-refractivity contribution in [2.75, 3.05) is 0 Å². The first-order valence-electron chi connectivity index (χ1n) is 8.38. The third kappa shape index (κ3) is 3.49. The molecule has 4 rings (SSSR count). The number of benzene rings is 1. The lowest BCUT2D eigenvalue weighted by molar-refractivity contribution is 0.0951. The van der Waals surface area contributed by atoms with E-state index < -0.39 is 0 Å². The second-order valence-corrected chi connectivity index (χ2v) is 7.65. The Balaban J connectivity index is 1.40. The van der Waals surface area contributed by atoms with Crippen molar-refractivity contribution >= 4 is 17.2 Å². The lowest BCUT2D eigenvalue weighted by atomic mass is 10.1. The molecule has 2 aromatic heterocycles. The first-order valence-corrected chi connectivity index (χ1v) is 9.20. The maximum absolute atomic E-state index is 12.3. The van der Waals surface area contributed by atoms with Crippen molar-refractivity contribution in [2.45, 2.75) is 39.2 Å². The Bertz CT molecular complexity index is 924. The Labute approximate surface area is 150 Å². The average Bonchev–Trinajstić information content (AvgIpc) is 3.15. The molecule has 25 heavy (non-hydrogen) atoms. The molecular weight excluding hydrogens is 334 g/mol. The summed E-state index contributed by atoms with van der Waals surface area (Å²) in [6.45, 7) is 4.54. The van der Waals surface area contributed by atoms with E-state index >= 15 is 0 Å². The predicted molar refractivity (Wildman–Crippen MR) is 96.7 cm³/mol. The topological polar surface area (TPSA) is 68.0 Å². The molecule has 1 aromatic carbocycles. The smallest absolute Gasteiger partial charge is 0.268 e. The van der Waals surface area contributed by atoms with Crippen LogP contribution in [0, 0.1) is 13.8 Å². The van der Waals surface area contributed by atoms with E-state index in [1.807, 2.05) is 44.2 Å². The van der Waals surface area contributed by atoms with Crippen molar-refractivity contribution in [3.8, 4) is 10.8 Å². The van der Waals surface area contributed by atoms with Crippen LogP contribution >= 0.6 is 11.3 Å². The van der Waals surface area contributed by atoms with E-state index in [1.165, 1.54) is 5.56 Å². The van der Waals surface area contributed by atoms with Gasteiger partial charge >= 0.3 is 0 Å².